The highest BCUT2D eigenvalue weighted by Gasteiger charge is 2.49. The van der Waals surface area contributed by atoms with Gasteiger partial charge in [0.2, 0.25) is 5.91 Å². The zero-order valence-electron chi connectivity index (χ0n) is 18.9. The molecular formula is C25H29N3O4. The molecule has 168 valence electrons. The molecule has 7 nitrogen and oxygen atoms in total. The number of hydrogen-bond donors (Lipinski definition) is 2. The number of hydrogen-bond acceptors (Lipinski definition) is 4. The second-order valence-electron chi connectivity index (χ2n) is 8.36. The average molecular weight is 436 g/mol. The first-order valence-electron chi connectivity index (χ1n) is 10.8. The number of urea groups is 1. The number of amides is 4. The highest BCUT2D eigenvalue weighted by molar-refractivity contribution is 6.11. The molecule has 32 heavy (non-hydrogen) atoms. The van der Waals surface area contributed by atoms with Crippen molar-refractivity contribution in [3.63, 3.8) is 0 Å². The molecule has 1 aliphatic rings. The Hall–Kier alpha value is -3.48. The first-order valence-corrected chi connectivity index (χ1v) is 10.8. The number of imide groups is 1. The van der Waals surface area contributed by atoms with Crippen molar-refractivity contribution in [1.82, 2.24) is 15.5 Å². The van der Waals surface area contributed by atoms with Crippen LogP contribution in [0.15, 0.2) is 48.5 Å². The van der Waals surface area contributed by atoms with Crippen molar-refractivity contribution in [2.75, 3.05) is 6.54 Å². The number of rotatable bonds is 8. The molecular weight excluding hydrogens is 406 g/mol. The summed E-state index contributed by atoms with van der Waals surface area (Å²) in [6.45, 7) is 6.71. The van der Waals surface area contributed by atoms with E-state index in [2.05, 4.69) is 17.6 Å². The van der Waals surface area contributed by atoms with Crippen molar-refractivity contribution in [1.29, 1.82) is 0 Å². The molecule has 2 aromatic carbocycles. The summed E-state index contributed by atoms with van der Waals surface area (Å²) in [4.78, 5) is 50.6. The number of carbonyl (C=O) groups excluding carboxylic acids is 4. The number of benzene rings is 2. The molecule has 0 bridgehead atoms. The summed E-state index contributed by atoms with van der Waals surface area (Å²) in [6, 6.07) is 13.6. The van der Waals surface area contributed by atoms with Crippen molar-refractivity contribution < 1.29 is 19.2 Å². The van der Waals surface area contributed by atoms with Gasteiger partial charge in [-0.05, 0) is 37.0 Å². The summed E-state index contributed by atoms with van der Waals surface area (Å²) >= 11 is 0. The average Bonchev–Trinajstić information content (AvgIpc) is 2.98. The molecule has 1 saturated heterocycles. The van der Waals surface area contributed by atoms with E-state index >= 15 is 0 Å². The quantitative estimate of drug-likeness (QED) is 0.490. The van der Waals surface area contributed by atoms with Gasteiger partial charge in [0.15, 0.2) is 5.78 Å². The number of Topliss-reactive ketones (excluding diaryl/α,β-unsaturated/α-hetero) is 1. The normalized spacial score (nSPS) is 18.9. The van der Waals surface area contributed by atoms with Crippen LogP contribution >= 0.6 is 0 Å². The Labute approximate surface area is 188 Å². The van der Waals surface area contributed by atoms with Crippen LogP contribution in [0.4, 0.5) is 4.79 Å². The number of nitrogens with one attached hydrogen (secondary N) is 2. The zero-order chi connectivity index (χ0) is 23.5. The van der Waals surface area contributed by atoms with Gasteiger partial charge in [-0.3, -0.25) is 19.3 Å². The SMILES string of the molecule is CCCc1ccc([C@@]2(C)NC(=O)N(CC(=O)c3ccc([C@H](C)NC(C)=O)cc3)C2=O)cc1. The lowest BCUT2D eigenvalue weighted by atomic mass is 9.91. The van der Waals surface area contributed by atoms with Crippen molar-refractivity contribution in [3.05, 3.63) is 70.8 Å². The van der Waals surface area contributed by atoms with Crippen LogP contribution in [0.5, 0.6) is 0 Å². The Balaban J connectivity index is 1.72. The van der Waals surface area contributed by atoms with Gasteiger partial charge in [0.25, 0.3) is 5.91 Å². The van der Waals surface area contributed by atoms with Crippen LogP contribution in [0.2, 0.25) is 0 Å². The van der Waals surface area contributed by atoms with E-state index in [9.17, 15) is 19.2 Å². The zero-order valence-corrected chi connectivity index (χ0v) is 18.9. The van der Waals surface area contributed by atoms with Crippen LogP contribution in [0, 0.1) is 0 Å². The molecule has 1 fully saturated rings. The van der Waals surface area contributed by atoms with Crippen molar-refractivity contribution in [2.24, 2.45) is 0 Å². The maximum Gasteiger partial charge on any atom is 0.325 e. The Kier molecular flexibility index (Phi) is 6.77. The minimum Gasteiger partial charge on any atom is -0.350 e. The van der Waals surface area contributed by atoms with E-state index in [1.165, 1.54) is 12.5 Å². The molecule has 1 heterocycles. The van der Waals surface area contributed by atoms with Crippen LogP contribution in [-0.2, 0) is 21.5 Å². The number of carbonyl (C=O) groups is 4. The first-order chi connectivity index (χ1) is 15.2. The third-order valence-electron chi connectivity index (χ3n) is 5.80. The molecule has 4 amide bonds. The van der Waals surface area contributed by atoms with Gasteiger partial charge in [0, 0.05) is 12.5 Å². The fraction of sp³-hybridized carbons (Fsp3) is 0.360. The molecule has 0 radical (unpaired) electrons. The van der Waals surface area contributed by atoms with Crippen LogP contribution < -0.4 is 10.6 Å². The molecule has 0 saturated carbocycles. The Morgan fingerprint density at radius 2 is 1.69 bits per heavy atom. The fourth-order valence-electron chi connectivity index (χ4n) is 3.91. The van der Waals surface area contributed by atoms with Gasteiger partial charge in [-0.25, -0.2) is 4.79 Å². The van der Waals surface area contributed by atoms with Gasteiger partial charge in [-0.15, -0.1) is 0 Å². The van der Waals surface area contributed by atoms with Crippen LogP contribution in [0.1, 0.15) is 67.2 Å². The largest absolute Gasteiger partial charge is 0.350 e. The van der Waals surface area contributed by atoms with Crippen LogP contribution in [-0.4, -0.2) is 35.1 Å². The fourth-order valence-corrected chi connectivity index (χ4v) is 3.91. The lowest BCUT2D eigenvalue weighted by Crippen LogP contribution is -2.41. The lowest BCUT2D eigenvalue weighted by molar-refractivity contribution is -0.130. The highest BCUT2D eigenvalue weighted by atomic mass is 16.2. The highest BCUT2D eigenvalue weighted by Crippen LogP contribution is 2.29. The van der Waals surface area contributed by atoms with Crippen LogP contribution in [0.25, 0.3) is 0 Å². The summed E-state index contributed by atoms with van der Waals surface area (Å²) in [7, 11) is 0. The van der Waals surface area contributed by atoms with E-state index in [1.807, 2.05) is 31.2 Å². The number of nitrogens with zero attached hydrogens (tertiary/aromatic N) is 1. The summed E-state index contributed by atoms with van der Waals surface area (Å²) in [5.41, 5.74) is 1.88. The first kappa shape index (κ1) is 23.2. The molecule has 7 heteroatoms. The van der Waals surface area contributed by atoms with Crippen LogP contribution in [0.3, 0.4) is 0 Å². The Morgan fingerprint density at radius 3 is 2.25 bits per heavy atom. The van der Waals surface area contributed by atoms with Gasteiger partial charge >= 0.3 is 6.03 Å². The topological polar surface area (TPSA) is 95.6 Å². The summed E-state index contributed by atoms with van der Waals surface area (Å²) in [5, 5.41) is 5.53. The van der Waals surface area contributed by atoms with E-state index in [0.29, 0.717) is 11.1 Å². The molecule has 2 atom stereocenters. The maximum absolute atomic E-state index is 13.1. The molecule has 0 unspecified atom stereocenters. The van der Waals surface area contributed by atoms with E-state index < -0.39 is 17.5 Å². The minimum absolute atomic E-state index is 0.140. The molecule has 0 aliphatic carbocycles. The van der Waals surface area contributed by atoms with Gasteiger partial charge in [-0.2, -0.15) is 0 Å². The lowest BCUT2D eigenvalue weighted by Gasteiger charge is -2.22. The predicted octanol–water partition coefficient (Wildman–Crippen LogP) is 3.49. The summed E-state index contributed by atoms with van der Waals surface area (Å²) in [6.07, 6.45) is 1.97. The molecule has 2 aromatic rings. The smallest absolute Gasteiger partial charge is 0.325 e. The second-order valence-corrected chi connectivity index (χ2v) is 8.36. The standard InChI is InChI=1S/C25H29N3O4/c1-5-6-18-7-13-21(14-8-18)25(4)23(31)28(24(32)27-25)15-22(30)20-11-9-19(10-12-20)16(2)26-17(3)29/h7-14,16H,5-6,15H2,1-4H3,(H,26,29)(H,27,32)/t16-,25+/m0/s1. The van der Waals surface area contributed by atoms with Gasteiger partial charge in [0.05, 0.1) is 12.6 Å². The van der Waals surface area contributed by atoms with Crippen molar-refractivity contribution in [3.8, 4) is 0 Å². The summed E-state index contributed by atoms with van der Waals surface area (Å²) in [5.74, 6) is -0.927. The van der Waals surface area contributed by atoms with Crippen molar-refractivity contribution >= 4 is 23.6 Å². The van der Waals surface area contributed by atoms with E-state index in [0.717, 1.165) is 23.3 Å². The Bertz CT molecular complexity index is 1030. The number of aryl methyl sites for hydroxylation is 1. The third-order valence-corrected chi connectivity index (χ3v) is 5.80. The Morgan fingerprint density at radius 1 is 1.06 bits per heavy atom. The predicted molar refractivity (Wildman–Crippen MR) is 121 cm³/mol. The maximum atomic E-state index is 13.1. The van der Waals surface area contributed by atoms with Gasteiger partial charge in [-0.1, -0.05) is 61.9 Å². The van der Waals surface area contributed by atoms with Gasteiger partial charge in [0.1, 0.15) is 5.54 Å². The van der Waals surface area contributed by atoms with Gasteiger partial charge < -0.3 is 10.6 Å². The molecule has 3 rings (SSSR count). The second kappa shape index (κ2) is 9.34. The molecule has 0 spiro atoms. The molecule has 2 N–H and O–H groups in total. The monoisotopic (exact) mass is 435 g/mol. The third kappa shape index (κ3) is 4.72. The van der Waals surface area contributed by atoms with Crippen molar-refractivity contribution in [2.45, 2.75) is 52.1 Å². The van der Waals surface area contributed by atoms with E-state index in [1.54, 1.807) is 31.2 Å². The molecule has 1 aliphatic heterocycles. The summed E-state index contributed by atoms with van der Waals surface area (Å²) < 4.78 is 0. The molecule has 0 aromatic heterocycles. The number of ketones is 1. The van der Waals surface area contributed by atoms with E-state index in [-0.39, 0.29) is 24.3 Å². The van der Waals surface area contributed by atoms with E-state index in [4.69, 9.17) is 0 Å². The minimum atomic E-state index is -1.21.